The van der Waals surface area contributed by atoms with Crippen molar-refractivity contribution in [3.63, 3.8) is 0 Å². The lowest BCUT2D eigenvalue weighted by atomic mass is 9.91. The van der Waals surface area contributed by atoms with Gasteiger partial charge in [0.2, 0.25) is 0 Å². The lowest BCUT2D eigenvalue weighted by molar-refractivity contribution is 0.0322. The van der Waals surface area contributed by atoms with Crippen LogP contribution in [0.4, 0.5) is 8.78 Å². The monoisotopic (exact) mass is 283 g/mol. The van der Waals surface area contributed by atoms with Crippen LogP contribution < -0.4 is 0 Å². The number of rotatable bonds is 4. The topological polar surface area (TPSA) is 40.5 Å². The van der Waals surface area contributed by atoms with E-state index in [4.69, 9.17) is 0 Å². The van der Waals surface area contributed by atoms with Gasteiger partial charge in [-0.1, -0.05) is 12.8 Å². The third-order valence-electron chi connectivity index (χ3n) is 3.89. The van der Waals surface area contributed by atoms with Gasteiger partial charge in [0, 0.05) is 11.6 Å². The Kier molecular flexibility index (Phi) is 4.83. The minimum Gasteiger partial charge on any atom is -0.391 e. The molecule has 2 rings (SSSR count). The van der Waals surface area contributed by atoms with Gasteiger partial charge in [0.25, 0.3) is 0 Å². The molecule has 0 aromatic heterocycles. The fourth-order valence-corrected chi connectivity index (χ4v) is 2.71. The smallest absolute Gasteiger partial charge is 0.176 e. The molecule has 1 aromatic rings. The van der Waals surface area contributed by atoms with E-state index < -0.39 is 17.7 Å². The molecular weight excluding hydrogens is 264 g/mol. The van der Waals surface area contributed by atoms with Gasteiger partial charge in [-0.2, -0.15) is 0 Å². The Bertz CT molecular complexity index is 493. The van der Waals surface area contributed by atoms with Crippen LogP contribution in [-0.4, -0.2) is 41.5 Å². The number of likely N-dealkylation sites (N-methyl/N-ethyl adjacent to an activating group) is 1. The predicted octanol–water partition coefficient (Wildman–Crippen LogP) is 2.38. The first-order valence-corrected chi connectivity index (χ1v) is 6.85. The summed E-state index contributed by atoms with van der Waals surface area (Å²) < 4.78 is 25.9. The van der Waals surface area contributed by atoms with Crippen molar-refractivity contribution in [1.29, 1.82) is 0 Å². The Morgan fingerprint density at radius 2 is 2.00 bits per heavy atom. The lowest BCUT2D eigenvalue weighted by Crippen LogP contribution is -2.45. The van der Waals surface area contributed by atoms with Crippen LogP contribution in [0, 0.1) is 11.6 Å². The number of Topliss-reactive ketones (excluding diaryl/α,β-unsaturated/α-hetero) is 1. The Hall–Kier alpha value is -1.33. The van der Waals surface area contributed by atoms with Crippen molar-refractivity contribution >= 4 is 5.78 Å². The molecule has 3 nitrogen and oxygen atoms in total. The second-order valence-corrected chi connectivity index (χ2v) is 5.39. The summed E-state index contributed by atoms with van der Waals surface area (Å²) in [7, 11) is 1.77. The van der Waals surface area contributed by atoms with Gasteiger partial charge in [-0.25, -0.2) is 8.78 Å². The van der Waals surface area contributed by atoms with E-state index in [0.717, 1.165) is 37.8 Å². The van der Waals surface area contributed by atoms with E-state index in [1.807, 2.05) is 0 Å². The summed E-state index contributed by atoms with van der Waals surface area (Å²) in [5.74, 6) is -2.25. The van der Waals surface area contributed by atoms with E-state index in [-0.39, 0.29) is 23.9 Å². The standard InChI is InChI=1S/C15H19F2NO2/c1-18(13-4-2-3-5-14(13)19)9-15(20)10-6-7-11(16)12(17)8-10/h6-8,13-14,19H,2-5,9H2,1H3. The molecule has 1 aliphatic carbocycles. The summed E-state index contributed by atoms with van der Waals surface area (Å²) in [5.41, 5.74) is 0.154. The maximum atomic E-state index is 13.1. The second-order valence-electron chi connectivity index (χ2n) is 5.39. The molecule has 20 heavy (non-hydrogen) atoms. The van der Waals surface area contributed by atoms with Crippen LogP contribution in [-0.2, 0) is 0 Å². The number of aliphatic hydroxyl groups is 1. The van der Waals surface area contributed by atoms with E-state index >= 15 is 0 Å². The van der Waals surface area contributed by atoms with Gasteiger partial charge >= 0.3 is 0 Å². The van der Waals surface area contributed by atoms with Crippen LogP contribution in [0.25, 0.3) is 0 Å². The van der Waals surface area contributed by atoms with Gasteiger partial charge in [-0.05, 0) is 38.1 Å². The molecule has 1 fully saturated rings. The van der Waals surface area contributed by atoms with Gasteiger partial charge in [0.1, 0.15) is 0 Å². The fourth-order valence-electron chi connectivity index (χ4n) is 2.71. The third kappa shape index (κ3) is 3.41. The number of halogens is 2. The summed E-state index contributed by atoms with van der Waals surface area (Å²) in [6, 6.07) is 3.12. The van der Waals surface area contributed by atoms with Crippen molar-refractivity contribution in [3.8, 4) is 0 Å². The molecule has 0 bridgehead atoms. The van der Waals surface area contributed by atoms with Crippen molar-refractivity contribution in [2.24, 2.45) is 0 Å². The first kappa shape index (κ1) is 15.1. The predicted molar refractivity (Wildman–Crippen MR) is 71.6 cm³/mol. The van der Waals surface area contributed by atoms with Crippen LogP contribution in [0.3, 0.4) is 0 Å². The van der Waals surface area contributed by atoms with Gasteiger partial charge in [-0.15, -0.1) is 0 Å². The van der Waals surface area contributed by atoms with Crippen molar-refractivity contribution in [2.75, 3.05) is 13.6 Å². The molecule has 1 N–H and O–H groups in total. The zero-order valence-electron chi connectivity index (χ0n) is 11.5. The Balaban J connectivity index is 2.01. The van der Waals surface area contributed by atoms with Crippen LogP contribution in [0.1, 0.15) is 36.0 Å². The molecule has 5 heteroatoms. The van der Waals surface area contributed by atoms with Gasteiger partial charge in [-0.3, -0.25) is 9.69 Å². The second kappa shape index (κ2) is 6.41. The largest absolute Gasteiger partial charge is 0.391 e. The minimum atomic E-state index is -1.02. The van der Waals surface area contributed by atoms with Crippen LogP contribution in [0.5, 0.6) is 0 Å². The van der Waals surface area contributed by atoms with Crippen molar-refractivity contribution in [1.82, 2.24) is 4.90 Å². The van der Waals surface area contributed by atoms with Crippen LogP contribution in [0.2, 0.25) is 0 Å². The lowest BCUT2D eigenvalue weighted by Gasteiger charge is -2.34. The van der Waals surface area contributed by atoms with E-state index in [1.165, 1.54) is 6.07 Å². The first-order valence-electron chi connectivity index (χ1n) is 6.85. The Morgan fingerprint density at radius 3 is 2.65 bits per heavy atom. The number of nitrogens with zero attached hydrogens (tertiary/aromatic N) is 1. The van der Waals surface area contributed by atoms with Gasteiger partial charge < -0.3 is 5.11 Å². The van der Waals surface area contributed by atoms with E-state index in [1.54, 1.807) is 11.9 Å². The van der Waals surface area contributed by atoms with Gasteiger partial charge in [0.15, 0.2) is 17.4 Å². The molecule has 0 aliphatic heterocycles. The van der Waals surface area contributed by atoms with Crippen molar-refractivity contribution in [2.45, 2.75) is 37.8 Å². The number of ketones is 1. The van der Waals surface area contributed by atoms with E-state index in [0.29, 0.717) is 0 Å². The highest BCUT2D eigenvalue weighted by Crippen LogP contribution is 2.22. The number of carbonyl (C=O) groups is 1. The molecule has 0 heterocycles. The summed E-state index contributed by atoms with van der Waals surface area (Å²) in [6.07, 6.45) is 3.21. The number of benzene rings is 1. The highest BCUT2D eigenvalue weighted by Gasteiger charge is 2.27. The van der Waals surface area contributed by atoms with Crippen molar-refractivity contribution in [3.05, 3.63) is 35.4 Å². The first-order chi connectivity index (χ1) is 9.49. The zero-order valence-corrected chi connectivity index (χ0v) is 11.5. The average molecular weight is 283 g/mol. The molecule has 2 atom stereocenters. The molecular formula is C15H19F2NO2. The zero-order chi connectivity index (χ0) is 14.7. The third-order valence-corrected chi connectivity index (χ3v) is 3.89. The van der Waals surface area contributed by atoms with Gasteiger partial charge in [0.05, 0.1) is 12.6 Å². The molecule has 1 aliphatic rings. The van der Waals surface area contributed by atoms with E-state index in [9.17, 15) is 18.7 Å². The average Bonchev–Trinajstić information content (AvgIpc) is 2.42. The molecule has 110 valence electrons. The maximum absolute atomic E-state index is 13.1. The molecule has 0 saturated heterocycles. The SMILES string of the molecule is CN(CC(=O)c1ccc(F)c(F)c1)C1CCCCC1O. The summed E-state index contributed by atoms with van der Waals surface area (Å²) in [6.45, 7) is 0.0901. The Morgan fingerprint density at radius 1 is 1.30 bits per heavy atom. The van der Waals surface area contributed by atoms with Crippen LogP contribution >= 0.6 is 0 Å². The maximum Gasteiger partial charge on any atom is 0.176 e. The molecule has 0 spiro atoms. The number of aliphatic hydroxyl groups excluding tert-OH is 1. The number of hydrogen-bond acceptors (Lipinski definition) is 3. The molecule has 0 amide bonds. The molecule has 1 aromatic carbocycles. The highest BCUT2D eigenvalue weighted by atomic mass is 19.2. The fraction of sp³-hybridized carbons (Fsp3) is 0.533. The number of carbonyl (C=O) groups excluding carboxylic acids is 1. The minimum absolute atomic E-state index is 0.0435. The Labute approximate surface area is 117 Å². The summed E-state index contributed by atoms with van der Waals surface area (Å²) in [4.78, 5) is 13.9. The molecule has 2 unspecified atom stereocenters. The summed E-state index contributed by atoms with van der Waals surface area (Å²) in [5, 5.41) is 9.94. The quantitative estimate of drug-likeness (QED) is 0.863. The highest BCUT2D eigenvalue weighted by molar-refractivity contribution is 5.97. The van der Waals surface area contributed by atoms with Crippen LogP contribution in [0.15, 0.2) is 18.2 Å². The number of hydrogen-bond donors (Lipinski definition) is 1. The molecule has 1 saturated carbocycles. The van der Waals surface area contributed by atoms with Crippen molar-refractivity contribution < 1.29 is 18.7 Å². The normalized spacial score (nSPS) is 23.1. The molecule has 0 radical (unpaired) electrons. The summed E-state index contributed by atoms with van der Waals surface area (Å²) >= 11 is 0. The van der Waals surface area contributed by atoms with E-state index in [2.05, 4.69) is 0 Å².